The van der Waals surface area contributed by atoms with Crippen LogP contribution in [0.3, 0.4) is 0 Å². The number of aromatic nitrogens is 2. The van der Waals surface area contributed by atoms with E-state index in [9.17, 15) is 4.79 Å². The molecule has 0 atom stereocenters. The van der Waals surface area contributed by atoms with Crippen molar-refractivity contribution in [3.63, 3.8) is 0 Å². The number of ether oxygens (including phenoxy) is 1. The number of benzene rings is 2. The highest BCUT2D eigenvalue weighted by Gasteiger charge is 2.14. The predicted octanol–water partition coefficient (Wildman–Crippen LogP) is 5.23. The van der Waals surface area contributed by atoms with E-state index < -0.39 is 0 Å². The SMILES string of the molecule is COc1cc2[nH]c(C)c(-c3ccc(-c4ccncc4)cc3)c(=O)c2cc1Cl. The number of methoxy groups -OCH3 is 1. The third-order valence-corrected chi connectivity index (χ3v) is 4.94. The van der Waals surface area contributed by atoms with Gasteiger partial charge in [-0.1, -0.05) is 35.9 Å². The number of nitrogens with zero attached hydrogens (tertiary/aromatic N) is 1. The maximum absolute atomic E-state index is 13.1. The van der Waals surface area contributed by atoms with Crippen molar-refractivity contribution >= 4 is 22.5 Å². The molecule has 2 aromatic carbocycles. The summed E-state index contributed by atoms with van der Waals surface area (Å²) in [5.74, 6) is 0.536. The molecule has 0 bridgehead atoms. The molecule has 134 valence electrons. The molecule has 4 rings (SSSR count). The molecule has 0 spiro atoms. The lowest BCUT2D eigenvalue weighted by Gasteiger charge is -2.11. The summed E-state index contributed by atoms with van der Waals surface area (Å²) in [6.07, 6.45) is 3.53. The Morgan fingerprint density at radius 1 is 0.963 bits per heavy atom. The lowest BCUT2D eigenvalue weighted by Crippen LogP contribution is -2.10. The minimum Gasteiger partial charge on any atom is -0.495 e. The Kier molecular flexibility index (Phi) is 4.42. The van der Waals surface area contributed by atoms with Gasteiger partial charge in [0.25, 0.3) is 0 Å². The van der Waals surface area contributed by atoms with E-state index >= 15 is 0 Å². The van der Waals surface area contributed by atoms with Crippen LogP contribution in [0, 0.1) is 6.92 Å². The summed E-state index contributed by atoms with van der Waals surface area (Å²) in [7, 11) is 1.55. The standard InChI is InChI=1S/C22H17ClN2O2/c1-13-21(16-5-3-14(4-6-16)15-7-9-24-10-8-15)22(26)17-11-18(23)20(27-2)12-19(17)25-13/h3-12H,1-2H3,(H,25,26). The van der Waals surface area contributed by atoms with E-state index in [-0.39, 0.29) is 5.43 Å². The molecule has 0 amide bonds. The molecule has 0 unspecified atom stereocenters. The Labute approximate surface area is 161 Å². The molecule has 0 fully saturated rings. The van der Waals surface area contributed by atoms with E-state index in [0.717, 1.165) is 22.4 Å². The number of nitrogens with one attached hydrogen (secondary N) is 1. The van der Waals surface area contributed by atoms with E-state index in [0.29, 0.717) is 27.2 Å². The Hall–Kier alpha value is -3.11. The quantitative estimate of drug-likeness (QED) is 0.532. The number of hydrogen-bond donors (Lipinski definition) is 1. The van der Waals surface area contributed by atoms with Crippen LogP contribution >= 0.6 is 11.6 Å². The fourth-order valence-corrected chi connectivity index (χ4v) is 3.53. The summed E-state index contributed by atoms with van der Waals surface area (Å²) in [5, 5.41) is 0.956. The molecule has 0 aliphatic rings. The van der Waals surface area contributed by atoms with E-state index in [1.807, 2.05) is 43.3 Å². The van der Waals surface area contributed by atoms with Gasteiger partial charge in [-0.05, 0) is 41.8 Å². The van der Waals surface area contributed by atoms with Crippen molar-refractivity contribution in [3.05, 3.63) is 81.9 Å². The summed E-state index contributed by atoms with van der Waals surface area (Å²) in [5.41, 5.74) is 5.11. The zero-order valence-electron chi connectivity index (χ0n) is 14.9. The number of rotatable bonds is 3. The molecule has 0 saturated carbocycles. The van der Waals surface area contributed by atoms with Crippen molar-refractivity contribution < 1.29 is 4.74 Å². The summed E-state index contributed by atoms with van der Waals surface area (Å²) >= 11 is 6.22. The van der Waals surface area contributed by atoms with Crippen molar-refractivity contribution in [1.29, 1.82) is 0 Å². The largest absolute Gasteiger partial charge is 0.495 e. The highest BCUT2D eigenvalue weighted by molar-refractivity contribution is 6.32. The van der Waals surface area contributed by atoms with Gasteiger partial charge in [0.2, 0.25) is 0 Å². The van der Waals surface area contributed by atoms with E-state index in [2.05, 4.69) is 9.97 Å². The first-order chi connectivity index (χ1) is 13.1. The third kappa shape index (κ3) is 3.09. The minimum absolute atomic E-state index is 0.0533. The summed E-state index contributed by atoms with van der Waals surface area (Å²) in [6.45, 7) is 1.90. The molecule has 4 aromatic rings. The van der Waals surface area contributed by atoms with Crippen molar-refractivity contribution in [3.8, 4) is 28.0 Å². The van der Waals surface area contributed by atoms with Crippen LogP contribution in [-0.2, 0) is 0 Å². The zero-order valence-corrected chi connectivity index (χ0v) is 15.7. The second kappa shape index (κ2) is 6.89. The van der Waals surface area contributed by atoms with Gasteiger partial charge in [0.05, 0.1) is 17.6 Å². The monoisotopic (exact) mass is 376 g/mol. The first-order valence-corrected chi connectivity index (χ1v) is 8.87. The van der Waals surface area contributed by atoms with Gasteiger partial charge in [-0.25, -0.2) is 0 Å². The van der Waals surface area contributed by atoms with Gasteiger partial charge in [-0.2, -0.15) is 0 Å². The van der Waals surface area contributed by atoms with Gasteiger partial charge >= 0.3 is 0 Å². The molecule has 0 saturated heterocycles. The number of hydrogen-bond acceptors (Lipinski definition) is 3. The van der Waals surface area contributed by atoms with Gasteiger partial charge in [-0.3, -0.25) is 9.78 Å². The number of aromatic amines is 1. The molecular formula is C22H17ClN2O2. The highest BCUT2D eigenvalue weighted by atomic mass is 35.5. The predicted molar refractivity (Wildman–Crippen MR) is 110 cm³/mol. The van der Waals surface area contributed by atoms with Crippen LogP contribution in [0.15, 0.2) is 65.7 Å². The fourth-order valence-electron chi connectivity index (χ4n) is 3.29. The summed E-state index contributed by atoms with van der Waals surface area (Å²) in [4.78, 5) is 20.5. The van der Waals surface area contributed by atoms with E-state index in [1.54, 1.807) is 31.6 Å². The van der Waals surface area contributed by atoms with Crippen molar-refractivity contribution in [2.75, 3.05) is 7.11 Å². The van der Waals surface area contributed by atoms with E-state index in [4.69, 9.17) is 16.3 Å². The second-order valence-corrected chi connectivity index (χ2v) is 6.71. The van der Waals surface area contributed by atoms with Crippen LogP contribution in [0.2, 0.25) is 5.02 Å². The highest BCUT2D eigenvalue weighted by Crippen LogP contribution is 2.30. The Morgan fingerprint density at radius 2 is 1.59 bits per heavy atom. The Morgan fingerprint density at radius 3 is 2.26 bits per heavy atom. The lowest BCUT2D eigenvalue weighted by molar-refractivity contribution is 0.415. The third-order valence-electron chi connectivity index (χ3n) is 4.65. The van der Waals surface area contributed by atoms with Crippen LogP contribution < -0.4 is 10.2 Å². The average molecular weight is 377 g/mol. The zero-order chi connectivity index (χ0) is 19.0. The van der Waals surface area contributed by atoms with Gasteiger partial charge in [0.1, 0.15) is 5.75 Å². The molecule has 5 heteroatoms. The van der Waals surface area contributed by atoms with Crippen LogP contribution in [0.1, 0.15) is 5.69 Å². The minimum atomic E-state index is -0.0533. The van der Waals surface area contributed by atoms with E-state index in [1.165, 1.54) is 0 Å². The molecule has 1 N–H and O–H groups in total. The molecule has 2 aromatic heterocycles. The topological polar surface area (TPSA) is 55.0 Å². The molecule has 2 heterocycles. The molecular weight excluding hydrogens is 360 g/mol. The van der Waals surface area contributed by atoms with Crippen LogP contribution in [0.5, 0.6) is 5.75 Å². The normalized spacial score (nSPS) is 10.9. The number of H-pyrrole nitrogens is 1. The van der Waals surface area contributed by atoms with Crippen LogP contribution in [0.4, 0.5) is 0 Å². The maximum atomic E-state index is 13.1. The summed E-state index contributed by atoms with van der Waals surface area (Å²) in [6, 6.07) is 15.3. The first kappa shape index (κ1) is 17.3. The summed E-state index contributed by atoms with van der Waals surface area (Å²) < 4.78 is 5.24. The number of pyridine rings is 2. The Balaban J connectivity index is 1.85. The molecule has 4 nitrogen and oxygen atoms in total. The number of fused-ring (bicyclic) bond motifs is 1. The van der Waals surface area contributed by atoms with Gasteiger partial charge in [0, 0.05) is 35.1 Å². The Bertz CT molecular complexity index is 1180. The smallest absolute Gasteiger partial charge is 0.197 e. The molecule has 0 aliphatic heterocycles. The van der Waals surface area contributed by atoms with Crippen LogP contribution in [0.25, 0.3) is 33.2 Å². The maximum Gasteiger partial charge on any atom is 0.197 e. The fraction of sp³-hybridized carbons (Fsp3) is 0.0909. The number of aryl methyl sites for hydroxylation is 1. The van der Waals surface area contributed by atoms with Gasteiger partial charge < -0.3 is 9.72 Å². The second-order valence-electron chi connectivity index (χ2n) is 6.30. The lowest BCUT2D eigenvalue weighted by atomic mass is 9.98. The van der Waals surface area contributed by atoms with Gasteiger partial charge in [-0.15, -0.1) is 0 Å². The average Bonchev–Trinajstić information content (AvgIpc) is 2.69. The van der Waals surface area contributed by atoms with Crippen LogP contribution in [-0.4, -0.2) is 17.1 Å². The van der Waals surface area contributed by atoms with Crippen molar-refractivity contribution in [1.82, 2.24) is 9.97 Å². The van der Waals surface area contributed by atoms with Gasteiger partial charge in [0.15, 0.2) is 5.43 Å². The van der Waals surface area contributed by atoms with Crippen molar-refractivity contribution in [2.24, 2.45) is 0 Å². The molecule has 0 aliphatic carbocycles. The molecule has 0 radical (unpaired) electrons. The van der Waals surface area contributed by atoms with Crippen molar-refractivity contribution in [2.45, 2.75) is 6.92 Å². The number of halogens is 1. The molecule has 27 heavy (non-hydrogen) atoms. The first-order valence-electron chi connectivity index (χ1n) is 8.49.